The Morgan fingerprint density at radius 3 is 3.14 bits per heavy atom. The molecule has 8 heteroatoms. The number of rotatable bonds is 5. The summed E-state index contributed by atoms with van der Waals surface area (Å²) in [5.74, 6) is -0.0375. The molecule has 2 aromatic heterocycles. The Morgan fingerprint density at radius 1 is 1.43 bits per heavy atom. The van der Waals surface area contributed by atoms with Crippen LogP contribution < -0.4 is 10.1 Å². The summed E-state index contributed by atoms with van der Waals surface area (Å²) in [5.41, 5.74) is 1.23. The van der Waals surface area contributed by atoms with Crippen molar-refractivity contribution in [3.8, 4) is 6.01 Å². The molecule has 108 valence electrons. The van der Waals surface area contributed by atoms with E-state index >= 15 is 0 Å². The number of benzene rings is 1. The number of hydrogen-bond donors (Lipinski definition) is 2. The van der Waals surface area contributed by atoms with Gasteiger partial charge in [0.05, 0.1) is 13.0 Å². The molecule has 0 spiro atoms. The minimum Gasteiger partial charge on any atom is -0.463 e. The van der Waals surface area contributed by atoms with Crippen LogP contribution in [0.4, 0.5) is 5.95 Å². The van der Waals surface area contributed by atoms with Crippen LogP contribution in [0, 0.1) is 0 Å². The fourth-order valence-corrected chi connectivity index (χ4v) is 1.89. The molecule has 21 heavy (non-hydrogen) atoms. The highest BCUT2D eigenvalue weighted by Gasteiger charge is 2.13. The van der Waals surface area contributed by atoms with Gasteiger partial charge in [0.1, 0.15) is 5.69 Å². The fraction of sp³-hybridized carbons (Fsp3) is 0.231. The number of anilines is 1. The first-order chi connectivity index (χ1) is 10.3. The lowest BCUT2D eigenvalue weighted by Gasteiger charge is -1.98. The minimum atomic E-state index is -0.270. The van der Waals surface area contributed by atoms with E-state index in [-0.39, 0.29) is 24.3 Å². The zero-order valence-corrected chi connectivity index (χ0v) is 11.3. The number of para-hydroxylation sites is 1. The van der Waals surface area contributed by atoms with Gasteiger partial charge in [-0.25, -0.2) is 5.10 Å². The number of carbonyl (C=O) groups is 1. The van der Waals surface area contributed by atoms with Gasteiger partial charge in [0.25, 0.3) is 0 Å². The number of fused-ring (bicyclic) bond motifs is 1. The molecule has 0 aliphatic heterocycles. The molecule has 0 aliphatic carbocycles. The first-order valence-electron chi connectivity index (χ1n) is 6.44. The van der Waals surface area contributed by atoms with Crippen LogP contribution in [-0.4, -0.2) is 32.9 Å². The lowest BCUT2D eigenvalue weighted by Crippen LogP contribution is -2.15. The molecular weight excluding hydrogens is 274 g/mol. The SMILES string of the molecule is CCOc1n[nH]c(NC(=O)Cc2noc3ccccc23)n1. The van der Waals surface area contributed by atoms with Crippen molar-refractivity contribution in [1.29, 1.82) is 0 Å². The Kier molecular flexibility index (Phi) is 3.50. The monoisotopic (exact) mass is 287 g/mol. The van der Waals surface area contributed by atoms with E-state index < -0.39 is 0 Å². The second-order valence-electron chi connectivity index (χ2n) is 4.25. The van der Waals surface area contributed by atoms with Crippen molar-refractivity contribution >= 4 is 22.8 Å². The topological polar surface area (TPSA) is 106 Å². The van der Waals surface area contributed by atoms with Gasteiger partial charge in [-0.3, -0.25) is 10.1 Å². The molecule has 3 rings (SSSR count). The van der Waals surface area contributed by atoms with Gasteiger partial charge in [-0.05, 0) is 19.1 Å². The largest absolute Gasteiger partial charge is 0.463 e. The van der Waals surface area contributed by atoms with Crippen molar-refractivity contribution in [3.63, 3.8) is 0 Å². The van der Waals surface area contributed by atoms with Gasteiger partial charge in [0.2, 0.25) is 11.9 Å². The van der Waals surface area contributed by atoms with E-state index in [4.69, 9.17) is 9.26 Å². The maximum atomic E-state index is 12.0. The van der Waals surface area contributed by atoms with E-state index in [1.807, 2.05) is 25.1 Å². The number of H-pyrrole nitrogens is 1. The quantitative estimate of drug-likeness (QED) is 0.737. The van der Waals surface area contributed by atoms with Crippen molar-refractivity contribution in [2.75, 3.05) is 11.9 Å². The van der Waals surface area contributed by atoms with Gasteiger partial charge < -0.3 is 9.26 Å². The number of aromatic amines is 1. The molecule has 0 aliphatic rings. The molecule has 8 nitrogen and oxygen atoms in total. The van der Waals surface area contributed by atoms with E-state index in [0.29, 0.717) is 17.9 Å². The van der Waals surface area contributed by atoms with Crippen LogP contribution in [-0.2, 0) is 11.2 Å². The molecule has 0 atom stereocenters. The number of hydrogen-bond acceptors (Lipinski definition) is 6. The van der Waals surface area contributed by atoms with E-state index in [2.05, 4.69) is 25.7 Å². The number of nitrogens with zero attached hydrogens (tertiary/aromatic N) is 3. The standard InChI is InChI=1S/C13H13N5O3/c1-2-20-13-15-12(16-17-13)14-11(19)7-9-8-5-3-4-6-10(8)21-18-9/h3-6H,2,7H2,1H3,(H2,14,15,16,17,19). The molecule has 0 fully saturated rings. The molecule has 0 bridgehead atoms. The number of ether oxygens (including phenoxy) is 1. The Hall–Kier alpha value is -2.90. The number of aromatic nitrogens is 4. The summed E-state index contributed by atoms with van der Waals surface area (Å²) in [6.07, 6.45) is 0.0850. The van der Waals surface area contributed by atoms with E-state index in [9.17, 15) is 4.79 Å². The van der Waals surface area contributed by atoms with Gasteiger partial charge in [-0.15, -0.1) is 5.10 Å². The molecule has 1 aromatic carbocycles. The summed E-state index contributed by atoms with van der Waals surface area (Å²) < 4.78 is 10.2. The second kappa shape index (κ2) is 5.61. The molecule has 2 heterocycles. The average Bonchev–Trinajstić information content (AvgIpc) is 3.07. The maximum absolute atomic E-state index is 12.0. The highest BCUT2D eigenvalue weighted by atomic mass is 16.5. The van der Waals surface area contributed by atoms with Crippen LogP contribution >= 0.6 is 0 Å². The number of amides is 1. The van der Waals surface area contributed by atoms with Crippen LogP contribution in [0.1, 0.15) is 12.6 Å². The van der Waals surface area contributed by atoms with Crippen molar-refractivity contribution in [2.24, 2.45) is 0 Å². The third-order valence-electron chi connectivity index (χ3n) is 2.78. The van der Waals surface area contributed by atoms with Gasteiger partial charge in [-0.2, -0.15) is 4.98 Å². The third-order valence-corrected chi connectivity index (χ3v) is 2.78. The van der Waals surface area contributed by atoms with Crippen LogP contribution in [0.5, 0.6) is 6.01 Å². The third kappa shape index (κ3) is 2.83. The summed E-state index contributed by atoms with van der Waals surface area (Å²) in [7, 11) is 0. The zero-order valence-electron chi connectivity index (χ0n) is 11.3. The second-order valence-corrected chi connectivity index (χ2v) is 4.25. The van der Waals surface area contributed by atoms with E-state index in [1.54, 1.807) is 6.07 Å². The summed E-state index contributed by atoms with van der Waals surface area (Å²) >= 11 is 0. The van der Waals surface area contributed by atoms with E-state index in [1.165, 1.54) is 0 Å². The Balaban J connectivity index is 1.68. The summed E-state index contributed by atoms with van der Waals surface area (Å²) in [6, 6.07) is 7.57. The molecule has 3 aromatic rings. The van der Waals surface area contributed by atoms with Crippen LogP contribution in [0.25, 0.3) is 11.0 Å². The normalized spacial score (nSPS) is 10.7. The fourth-order valence-electron chi connectivity index (χ4n) is 1.89. The Labute approximate surface area is 119 Å². The lowest BCUT2D eigenvalue weighted by molar-refractivity contribution is -0.115. The van der Waals surface area contributed by atoms with Crippen molar-refractivity contribution in [3.05, 3.63) is 30.0 Å². The average molecular weight is 287 g/mol. The van der Waals surface area contributed by atoms with Crippen molar-refractivity contribution < 1.29 is 14.1 Å². The predicted octanol–water partition coefficient (Wildman–Crippen LogP) is 1.53. The predicted molar refractivity (Wildman–Crippen MR) is 73.9 cm³/mol. The maximum Gasteiger partial charge on any atom is 0.337 e. The van der Waals surface area contributed by atoms with Gasteiger partial charge in [-0.1, -0.05) is 17.3 Å². The number of carbonyl (C=O) groups excluding carboxylic acids is 1. The van der Waals surface area contributed by atoms with Crippen molar-refractivity contribution in [2.45, 2.75) is 13.3 Å². The molecule has 0 saturated carbocycles. The first-order valence-corrected chi connectivity index (χ1v) is 6.44. The van der Waals surface area contributed by atoms with Crippen LogP contribution in [0.2, 0.25) is 0 Å². The van der Waals surface area contributed by atoms with Crippen LogP contribution in [0.3, 0.4) is 0 Å². The smallest absolute Gasteiger partial charge is 0.337 e. The van der Waals surface area contributed by atoms with Gasteiger partial charge >= 0.3 is 6.01 Å². The Bertz CT molecular complexity index is 764. The van der Waals surface area contributed by atoms with Crippen LogP contribution in [0.15, 0.2) is 28.8 Å². The summed E-state index contributed by atoms with van der Waals surface area (Å²) in [6.45, 7) is 2.28. The number of nitrogens with one attached hydrogen (secondary N) is 2. The highest BCUT2D eigenvalue weighted by molar-refractivity contribution is 5.93. The summed E-state index contributed by atoms with van der Waals surface area (Å²) in [5, 5.41) is 13.7. The molecule has 0 unspecified atom stereocenters. The molecule has 0 saturated heterocycles. The highest BCUT2D eigenvalue weighted by Crippen LogP contribution is 2.18. The lowest BCUT2D eigenvalue weighted by atomic mass is 10.2. The molecule has 0 radical (unpaired) electrons. The summed E-state index contributed by atoms with van der Waals surface area (Å²) in [4.78, 5) is 15.9. The Morgan fingerprint density at radius 2 is 2.29 bits per heavy atom. The van der Waals surface area contributed by atoms with Gasteiger partial charge in [0.15, 0.2) is 5.58 Å². The minimum absolute atomic E-state index is 0.0850. The first kappa shape index (κ1) is 13.1. The molecule has 1 amide bonds. The zero-order chi connectivity index (χ0) is 14.7. The van der Waals surface area contributed by atoms with Gasteiger partial charge in [0, 0.05) is 5.39 Å². The molecular formula is C13H13N5O3. The van der Waals surface area contributed by atoms with E-state index in [0.717, 1.165) is 5.39 Å². The van der Waals surface area contributed by atoms with Crippen molar-refractivity contribution in [1.82, 2.24) is 20.3 Å². The molecule has 2 N–H and O–H groups in total.